The average Bonchev–Trinajstić information content (AvgIpc) is 2.53. The maximum absolute atomic E-state index is 12.2. The first kappa shape index (κ1) is 21.8. The number of carboxylic acids is 1. The summed E-state index contributed by atoms with van der Waals surface area (Å²) in [4.78, 5) is 46.3. The van der Waals surface area contributed by atoms with Gasteiger partial charge < -0.3 is 32.5 Å². The van der Waals surface area contributed by atoms with Crippen LogP contribution in [0.2, 0.25) is 0 Å². The lowest BCUT2D eigenvalue weighted by Crippen LogP contribution is -2.55. The van der Waals surface area contributed by atoms with Gasteiger partial charge in [-0.1, -0.05) is 0 Å². The first-order valence-electron chi connectivity index (χ1n) is 7.76. The van der Waals surface area contributed by atoms with Gasteiger partial charge in [-0.25, -0.2) is 0 Å². The summed E-state index contributed by atoms with van der Waals surface area (Å²) in [5, 5.41) is 16.0. The summed E-state index contributed by atoms with van der Waals surface area (Å²) in [5.74, 6) is -2.85. The lowest BCUT2D eigenvalue weighted by molar-refractivity contribution is -0.141. The molecule has 10 heteroatoms. The SMILES string of the molecule is CC(NC(=O)C(CCCCN)NC(=O)C(C)NC(=O)CN)C(=O)O. The summed E-state index contributed by atoms with van der Waals surface area (Å²) in [6.45, 7) is 2.96. The molecular weight excluding hydrogens is 318 g/mol. The van der Waals surface area contributed by atoms with E-state index in [0.29, 0.717) is 25.8 Å². The number of nitrogens with one attached hydrogen (secondary N) is 3. The molecule has 0 aromatic rings. The van der Waals surface area contributed by atoms with Crippen LogP contribution in [0.5, 0.6) is 0 Å². The molecule has 0 saturated heterocycles. The van der Waals surface area contributed by atoms with Crippen molar-refractivity contribution < 1.29 is 24.3 Å². The van der Waals surface area contributed by atoms with Gasteiger partial charge in [-0.15, -0.1) is 0 Å². The Morgan fingerprint density at radius 3 is 2.04 bits per heavy atom. The Kier molecular flexibility index (Phi) is 10.3. The third-order valence-corrected chi connectivity index (χ3v) is 3.27. The quantitative estimate of drug-likeness (QED) is 0.227. The van der Waals surface area contributed by atoms with E-state index in [-0.39, 0.29) is 6.54 Å². The third-order valence-electron chi connectivity index (χ3n) is 3.27. The summed E-state index contributed by atoms with van der Waals surface area (Å²) in [6.07, 6.45) is 1.55. The van der Waals surface area contributed by atoms with Crippen molar-refractivity contribution in [2.45, 2.75) is 51.2 Å². The van der Waals surface area contributed by atoms with Gasteiger partial charge in [0.15, 0.2) is 0 Å². The fourth-order valence-electron chi connectivity index (χ4n) is 1.80. The minimum absolute atomic E-state index is 0.256. The van der Waals surface area contributed by atoms with Crippen LogP contribution in [0.3, 0.4) is 0 Å². The monoisotopic (exact) mass is 345 g/mol. The van der Waals surface area contributed by atoms with E-state index in [1.54, 1.807) is 0 Å². The number of hydrogen-bond acceptors (Lipinski definition) is 6. The Hall–Kier alpha value is -2.20. The van der Waals surface area contributed by atoms with Crippen molar-refractivity contribution in [3.8, 4) is 0 Å². The van der Waals surface area contributed by atoms with Crippen LogP contribution in [0.15, 0.2) is 0 Å². The zero-order chi connectivity index (χ0) is 18.7. The Morgan fingerprint density at radius 2 is 1.54 bits per heavy atom. The number of hydrogen-bond donors (Lipinski definition) is 6. The highest BCUT2D eigenvalue weighted by Gasteiger charge is 2.26. The lowest BCUT2D eigenvalue weighted by atomic mass is 10.1. The molecule has 3 atom stereocenters. The number of amides is 3. The van der Waals surface area contributed by atoms with Crippen LogP contribution in [0.25, 0.3) is 0 Å². The van der Waals surface area contributed by atoms with Crippen LogP contribution >= 0.6 is 0 Å². The van der Waals surface area contributed by atoms with E-state index < -0.39 is 41.8 Å². The molecule has 0 aliphatic heterocycles. The fraction of sp³-hybridized carbons (Fsp3) is 0.714. The molecule has 24 heavy (non-hydrogen) atoms. The van der Waals surface area contributed by atoms with Crippen molar-refractivity contribution in [1.29, 1.82) is 0 Å². The molecular formula is C14H27N5O5. The summed E-state index contributed by atoms with van der Waals surface area (Å²) in [5.41, 5.74) is 10.6. The third kappa shape index (κ3) is 8.44. The molecule has 3 amide bonds. The summed E-state index contributed by atoms with van der Waals surface area (Å²) < 4.78 is 0. The zero-order valence-corrected chi connectivity index (χ0v) is 14.0. The standard InChI is InChI=1S/C14H27N5O5/c1-8(17-11(20)7-16)12(21)19-10(5-3-4-6-15)13(22)18-9(2)14(23)24/h8-10H,3-7,15-16H2,1-2H3,(H,17,20)(H,18,22)(H,19,21)(H,23,24). The molecule has 0 rings (SSSR count). The predicted octanol–water partition coefficient (Wildman–Crippen LogP) is -2.35. The van der Waals surface area contributed by atoms with E-state index in [0.717, 1.165) is 0 Å². The van der Waals surface area contributed by atoms with Crippen molar-refractivity contribution in [2.75, 3.05) is 13.1 Å². The van der Waals surface area contributed by atoms with Gasteiger partial charge in [0.25, 0.3) is 0 Å². The molecule has 138 valence electrons. The highest BCUT2D eigenvalue weighted by Crippen LogP contribution is 2.02. The summed E-state index contributed by atoms with van der Waals surface area (Å²) >= 11 is 0. The van der Waals surface area contributed by atoms with Gasteiger partial charge in [0.2, 0.25) is 17.7 Å². The smallest absolute Gasteiger partial charge is 0.325 e. The molecule has 0 fully saturated rings. The van der Waals surface area contributed by atoms with Gasteiger partial charge in [0.05, 0.1) is 6.54 Å². The average molecular weight is 345 g/mol. The molecule has 0 bridgehead atoms. The van der Waals surface area contributed by atoms with Gasteiger partial charge in [0, 0.05) is 0 Å². The van der Waals surface area contributed by atoms with Gasteiger partial charge in [-0.05, 0) is 39.7 Å². The maximum atomic E-state index is 12.2. The molecule has 0 saturated carbocycles. The van der Waals surface area contributed by atoms with Crippen LogP contribution in [-0.4, -0.2) is 60.0 Å². The van der Waals surface area contributed by atoms with Gasteiger partial charge in [-0.2, -0.15) is 0 Å². The molecule has 0 spiro atoms. The largest absolute Gasteiger partial charge is 0.480 e. The molecule has 8 N–H and O–H groups in total. The van der Waals surface area contributed by atoms with Gasteiger partial charge in [-0.3, -0.25) is 19.2 Å². The number of aliphatic carboxylic acids is 1. The van der Waals surface area contributed by atoms with E-state index in [1.165, 1.54) is 13.8 Å². The van der Waals surface area contributed by atoms with Crippen molar-refractivity contribution in [3.05, 3.63) is 0 Å². The second kappa shape index (κ2) is 11.4. The summed E-state index contributed by atoms with van der Waals surface area (Å²) in [6, 6.07) is -2.87. The molecule has 0 aromatic carbocycles. The Bertz CT molecular complexity index is 457. The normalized spacial score (nSPS) is 14.2. The van der Waals surface area contributed by atoms with Crippen LogP contribution in [0.1, 0.15) is 33.1 Å². The molecule has 0 aliphatic rings. The molecule has 0 aromatic heterocycles. The van der Waals surface area contributed by atoms with Gasteiger partial charge in [0.1, 0.15) is 18.1 Å². The number of unbranched alkanes of at least 4 members (excludes halogenated alkanes) is 1. The number of carboxylic acid groups (broad SMARTS) is 1. The van der Waals surface area contributed by atoms with Crippen LogP contribution in [0, 0.1) is 0 Å². The zero-order valence-electron chi connectivity index (χ0n) is 14.0. The van der Waals surface area contributed by atoms with Crippen LogP contribution < -0.4 is 27.4 Å². The Balaban J connectivity index is 4.80. The van der Waals surface area contributed by atoms with Crippen molar-refractivity contribution in [3.63, 3.8) is 0 Å². The number of rotatable bonds is 11. The van der Waals surface area contributed by atoms with E-state index in [2.05, 4.69) is 16.0 Å². The number of nitrogens with two attached hydrogens (primary N) is 2. The summed E-state index contributed by atoms with van der Waals surface area (Å²) in [7, 11) is 0. The molecule has 0 aliphatic carbocycles. The first-order valence-corrected chi connectivity index (χ1v) is 7.76. The fourth-order valence-corrected chi connectivity index (χ4v) is 1.80. The van der Waals surface area contributed by atoms with E-state index in [1.807, 2.05) is 0 Å². The first-order chi connectivity index (χ1) is 11.2. The number of carbonyl (C=O) groups excluding carboxylic acids is 3. The van der Waals surface area contributed by atoms with E-state index >= 15 is 0 Å². The molecule has 3 unspecified atom stereocenters. The highest BCUT2D eigenvalue weighted by molar-refractivity contribution is 5.93. The highest BCUT2D eigenvalue weighted by atomic mass is 16.4. The minimum atomic E-state index is -1.18. The predicted molar refractivity (Wildman–Crippen MR) is 86.7 cm³/mol. The molecule has 0 heterocycles. The Labute approximate surface area is 140 Å². The lowest BCUT2D eigenvalue weighted by Gasteiger charge is -2.22. The van der Waals surface area contributed by atoms with E-state index in [9.17, 15) is 19.2 Å². The van der Waals surface area contributed by atoms with Gasteiger partial charge >= 0.3 is 5.97 Å². The Morgan fingerprint density at radius 1 is 0.917 bits per heavy atom. The van der Waals surface area contributed by atoms with E-state index in [4.69, 9.17) is 16.6 Å². The molecule has 10 nitrogen and oxygen atoms in total. The topological polar surface area (TPSA) is 177 Å². The molecule has 0 radical (unpaired) electrons. The van der Waals surface area contributed by atoms with Crippen LogP contribution in [0.4, 0.5) is 0 Å². The van der Waals surface area contributed by atoms with Crippen LogP contribution in [-0.2, 0) is 19.2 Å². The maximum Gasteiger partial charge on any atom is 0.325 e. The van der Waals surface area contributed by atoms with Crippen molar-refractivity contribution >= 4 is 23.7 Å². The number of carbonyl (C=O) groups is 4. The van der Waals surface area contributed by atoms with Crippen molar-refractivity contribution in [2.24, 2.45) is 11.5 Å². The van der Waals surface area contributed by atoms with Crippen molar-refractivity contribution in [1.82, 2.24) is 16.0 Å². The second-order valence-electron chi connectivity index (χ2n) is 5.41. The minimum Gasteiger partial charge on any atom is -0.480 e. The second-order valence-corrected chi connectivity index (χ2v) is 5.41.